The molecule has 0 N–H and O–H groups in total. The monoisotopic (exact) mass is 316 g/mol. The first-order chi connectivity index (χ1) is 2.56. The molecule has 0 heterocycles. The Labute approximate surface area is 65.8 Å². The first-order valence-electron chi connectivity index (χ1n) is 0.984. The van der Waals surface area contributed by atoms with E-state index in [1.807, 2.05) is 0 Å². The Bertz CT molecular complexity index is 74.5. The van der Waals surface area contributed by atoms with Crippen LogP contribution in [-0.4, -0.2) is 5.26 Å². The lowest BCUT2D eigenvalue weighted by molar-refractivity contribution is 4.18. The first-order valence-corrected chi connectivity index (χ1v) is 9.33. The second kappa shape index (κ2) is 3.13. The third-order valence-corrected chi connectivity index (χ3v) is 5.17. The van der Waals surface area contributed by atoms with Crippen molar-refractivity contribution in [2.45, 2.75) is 0 Å². The van der Waals surface area contributed by atoms with Gasteiger partial charge < -0.3 is 0 Å². The Kier molecular flexibility index (Phi) is 4.20. The van der Waals surface area contributed by atoms with Gasteiger partial charge in [-0.1, -0.05) is 11.6 Å². The van der Waals surface area contributed by atoms with Gasteiger partial charge in [0, 0.05) is 5.26 Å². The third kappa shape index (κ3) is 6.03. The predicted molar refractivity (Wildman–Crippen MR) is 45.6 cm³/mol. The highest BCUT2D eigenvalue weighted by Crippen LogP contribution is 2.69. The summed E-state index contributed by atoms with van der Waals surface area (Å²) in [6.45, 7) is 0. The van der Waals surface area contributed by atoms with Crippen molar-refractivity contribution in [3.05, 3.63) is 0 Å². The van der Waals surface area contributed by atoms with Crippen LogP contribution >= 0.6 is 61.1 Å². The van der Waals surface area contributed by atoms with E-state index in [4.69, 9.17) is 11.6 Å². The molecule has 0 bridgehead atoms. The van der Waals surface area contributed by atoms with Gasteiger partial charge in [-0.3, -0.25) is 0 Å². The molecular weight excluding hydrogens is 318 g/mol. The summed E-state index contributed by atoms with van der Waals surface area (Å²) in [4.78, 5) is 0. The fourth-order valence-corrected chi connectivity index (χ4v) is 0. The molecule has 0 radical (unpaired) electrons. The van der Waals surface area contributed by atoms with Crippen LogP contribution < -0.4 is 0 Å². The maximum Gasteiger partial charge on any atom is 0.0887 e. The van der Waals surface area contributed by atoms with Crippen LogP contribution in [0.5, 0.6) is 0 Å². The van der Waals surface area contributed by atoms with E-state index >= 15 is 0 Å². The number of halogens is 4. The van der Waals surface area contributed by atoms with Gasteiger partial charge in [-0.15, -0.1) is 0 Å². The molecule has 0 spiro atoms. The molecule has 0 aromatic rings. The molecule has 5 heteroatoms. The van der Waals surface area contributed by atoms with E-state index < -0.39 is 2.99 Å². The van der Waals surface area contributed by atoms with Gasteiger partial charge in [0.25, 0.3) is 0 Å². The molecule has 0 fully saturated rings. The van der Waals surface area contributed by atoms with Crippen LogP contribution in [0.4, 0.5) is 0 Å². The zero-order chi connectivity index (χ0) is 5.21. The normalized spacial score (nSPS) is 11.3. The zero-order valence-electron chi connectivity index (χ0n) is 2.54. The average Bonchev–Trinajstić information content (AvgIpc) is 1.35. The third-order valence-electron chi connectivity index (χ3n) is 0.111. The largest absolute Gasteiger partial charge is 0.0902 e. The van der Waals surface area contributed by atoms with E-state index in [2.05, 4.69) is 46.5 Å². The number of hydrogen-bond donors (Lipinski definition) is 0. The van der Waals surface area contributed by atoms with Crippen molar-refractivity contribution >= 4 is 66.3 Å². The minimum Gasteiger partial charge on any atom is -0.0902 e. The number of rotatable bonds is 0. The van der Waals surface area contributed by atoms with Gasteiger partial charge in [-0.2, -0.15) is 0 Å². The summed E-state index contributed by atoms with van der Waals surface area (Å²) in [5.41, 5.74) is 0. The molecule has 0 nitrogen and oxygen atoms in total. The quantitative estimate of drug-likeness (QED) is 0.594. The Hall–Kier alpha value is 2.03. The summed E-state index contributed by atoms with van der Waals surface area (Å²) in [7, 11) is 0. The fraction of sp³-hybridized carbons (Fsp3) is 0. The maximum atomic E-state index is 5.26. The van der Waals surface area contributed by atoms with Crippen LogP contribution in [-0.2, 0) is 0 Å². The lowest BCUT2D eigenvalue weighted by atomic mass is 11.9. The first kappa shape index (κ1) is 8.03. The van der Waals surface area contributed by atoms with E-state index in [1.54, 1.807) is 0 Å². The molecule has 0 aliphatic heterocycles. The van der Waals surface area contributed by atoms with Gasteiger partial charge in [0.15, 0.2) is 0 Å². The van der Waals surface area contributed by atoms with Crippen molar-refractivity contribution in [1.82, 2.24) is 0 Å². The van der Waals surface area contributed by atoms with Gasteiger partial charge in [-0.25, -0.2) is 0 Å². The molecule has 0 saturated carbocycles. The highest BCUT2D eigenvalue weighted by Gasteiger charge is 1.95. The lowest BCUT2D eigenvalue weighted by Crippen LogP contribution is -1.35. The SMILES string of the molecule is ClC=P(Br)(Br)Br. The van der Waals surface area contributed by atoms with Crippen LogP contribution in [0.25, 0.3) is 0 Å². The Morgan fingerprint density at radius 2 is 1.50 bits per heavy atom. The summed E-state index contributed by atoms with van der Waals surface area (Å²) in [6.07, 6.45) is 0. The standard InChI is InChI=1S/CHBr3ClP/c2-6(3,4)1-5/h1H. The van der Waals surface area contributed by atoms with Gasteiger partial charge in [0.05, 0.1) is 2.99 Å². The van der Waals surface area contributed by atoms with Crippen LogP contribution in [0.3, 0.4) is 0 Å². The topological polar surface area (TPSA) is 0 Å². The molecule has 38 valence electrons. The van der Waals surface area contributed by atoms with Crippen molar-refractivity contribution in [1.29, 1.82) is 0 Å². The van der Waals surface area contributed by atoms with Crippen LogP contribution in [0.15, 0.2) is 0 Å². The van der Waals surface area contributed by atoms with E-state index in [0.29, 0.717) is 0 Å². The fourth-order valence-electron chi connectivity index (χ4n) is 0. The van der Waals surface area contributed by atoms with Crippen LogP contribution in [0, 0.1) is 0 Å². The number of hydrogen-bond acceptors (Lipinski definition) is 0. The van der Waals surface area contributed by atoms with Crippen LogP contribution in [0.2, 0.25) is 0 Å². The van der Waals surface area contributed by atoms with Crippen molar-refractivity contribution in [2.24, 2.45) is 0 Å². The molecular formula is CHBr3ClP. The molecule has 0 atom stereocenters. The van der Waals surface area contributed by atoms with E-state index in [1.165, 1.54) is 5.26 Å². The van der Waals surface area contributed by atoms with Gasteiger partial charge in [0.1, 0.15) is 0 Å². The summed E-state index contributed by atoms with van der Waals surface area (Å²) in [5.74, 6) is 0. The zero-order valence-corrected chi connectivity index (χ0v) is 8.94. The average molecular weight is 319 g/mol. The Balaban J connectivity index is 3.79. The van der Waals surface area contributed by atoms with Gasteiger partial charge in [-0.05, 0) is 46.5 Å². The molecule has 0 aliphatic carbocycles. The molecule has 0 amide bonds. The molecule has 0 aromatic heterocycles. The molecule has 0 rings (SSSR count). The van der Waals surface area contributed by atoms with E-state index in [9.17, 15) is 0 Å². The predicted octanol–water partition coefficient (Wildman–Crippen LogP) is 3.93. The second-order valence-electron chi connectivity index (χ2n) is 0.582. The summed E-state index contributed by atoms with van der Waals surface area (Å²) < 4.78 is -1.32. The molecule has 0 aliphatic rings. The summed E-state index contributed by atoms with van der Waals surface area (Å²) in [6, 6.07) is 0. The smallest absolute Gasteiger partial charge is 0.0887 e. The summed E-state index contributed by atoms with van der Waals surface area (Å²) >= 11 is 15.0. The molecule has 0 aromatic carbocycles. The van der Waals surface area contributed by atoms with E-state index in [-0.39, 0.29) is 0 Å². The Morgan fingerprint density at radius 1 is 1.33 bits per heavy atom. The lowest BCUT2D eigenvalue weighted by Gasteiger charge is -1.89. The van der Waals surface area contributed by atoms with Gasteiger partial charge in [0.2, 0.25) is 0 Å². The minimum atomic E-state index is -1.32. The van der Waals surface area contributed by atoms with Crippen molar-refractivity contribution in [2.75, 3.05) is 0 Å². The second-order valence-corrected chi connectivity index (χ2v) is 21.0. The maximum absolute atomic E-state index is 5.26. The van der Waals surface area contributed by atoms with E-state index in [0.717, 1.165) is 0 Å². The molecule has 6 heavy (non-hydrogen) atoms. The highest BCUT2D eigenvalue weighted by atomic mass is 80.0. The minimum absolute atomic E-state index is 1.32. The Morgan fingerprint density at radius 3 is 1.50 bits per heavy atom. The highest BCUT2D eigenvalue weighted by molar-refractivity contribution is 9.95. The van der Waals surface area contributed by atoms with Gasteiger partial charge >= 0.3 is 0 Å². The molecule has 0 saturated heterocycles. The van der Waals surface area contributed by atoms with Crippen molar-refractivity contribution in [3.8, 4) is 0 Å². The van der Waals surface area contributed by atoms with Crippen molar-refractivity contribution in [3.63, 3.8) is 0 Å². The summed E-state index contributed by atoms with van der Waals surface area (Å²) in [5, 5.41) is 1.52. The van der Waals surface area contributed by atoms with Crippen molar-refractivity contribution < 1.29 is 0 Å². The molecule has 0 unspecified atom stereocenters. The van der Waals surface area contributed by atoms with Crippen LogP contribution in [0.1, 0.15) is 0 Å².